The molecule has 0 aliphatic rings. The number of aromatic nitrogens is 3. The predicted octanol–water partition coefficient (Wildman–Crippen LogP) is 5.75. The van der Waals surface area contributed by atoms with Crippen LogP contribution >= 0.6 is 15.9 Å². The summed E-state index contributed by atoms with van der Waals surface area (Å²) in [4.78, 5) is 3.25. The second kappa shape index (κ2) is 8.71. The van der Waals surface area contributed by atoms with Crippen LogP contribution in [0.3, 0.4) is 0 Å². The topological polar surface area (TPSA) is 113 Å². The van der Waals surface area contributed by atoms with Gasteiger partial charge in [0.25, 0.3) is 0 Å². The third-order valence-electron chi connectivity index (χ3n) is 5.65. The Labute approximate surface area is 204 Å². The van der Waals surface area contributed by atoms with Crippen molar-refractivity contribution in [3.63, 3.8) is 0 Å². The SMILES string of the molecule is Cc1cc(Oc2cccc(C#N)c2)ccc1-n1ncc(C(O)c2cc3c(Br)cccc3[nH]2)c1N. The first kappa shape index (κ1) is 21.8. The van der Waals surface area contributed by atoms with Crippen LogP contribution in [0.2, 0.25) is 0 Å². The van der Waals surface area contributed by atoms with Crippen LogP contribution in [0.4, 0.5) is 5.82 Å². The number of fused-ring (bicyclic) bond motifs is 1. The van der Waals surface area contributed by atoms with Crippen molar-refractivity contribution in [3.8, 4) is 23.3 Å². The number of nitrogens with zero attached hydrogens (tertiary/aromatic N) is 3. The maximum Gasteiger partial charge on any atom is 0.133 e. The number of anilines is 1. The Bertz CT molecular complexity index is 1560. The Balaban J connectivity index is 1.43. The van der Waals surface area contributed by atoms with E-state index in [-0.39, 0.29) is 0 Å². The Morgan fingerprint density at radius 3 is 2.68 bits per heavy atom. The van der Waals surface area contributed by atoms with Gasteiger partial charge in [-0.05, 0) is 67.1 Å². The van der Waals surface area contributed by atoms with Gasteiger partial charge < -0.3 is 20.6 Å². The molecule has 0 spiro atoms. The van der Waals surface area contributed by atoms with Gasteiger partial charge in [-0.3, -0.25) is 0 Å². The van der Waals surface area contributed by atoms with E-state index in [2.05, 4.69) is 32.1 Å². The Hall–Kier alpha value is -4.06. The van der Waals surface area contributed by atoms with E-state index in [0.29, 0.717) is 34.1 Å². The van der Waals surface area contributed by atoms with Gasteiger partial charge in [0, 0.05) is 26.6 Å². The smallest absolute Gasteiger partial charge is 0.133 e. The van der Waals surface area contributed by atoms with Crippen molar-refractivity contribution in [1.29, 1.82) is 5.26 Å². The van der Waals surface area contributed by atoms with E-state index >= 15 is 0 Å². The van der Waals surface area contributed by atoms with Crippen molar-refractivity contribution >= 4 is 32.7 Å². The number of halogens is 1. The van der Waals surface area contributed by atoms with Crippen LogP contribution in [0, 0.1) is 18.3 Å². The van der Waals surface area contributed by atoms with Crippen molar-refractivity contribution < 1.29 is 9.84 Å². The number of rotatable bonds is 5. The lowest BCUT2D eigenvalue weighted by atomic mass is 10.1. The minimum absolute atomic E-state index is 0.351. The number of nitriles is 1. The highest BCUT2D eigenvalue weighted by Gasteiger charge is 2.21. The Morgan fingerprint density at radius 1 is 1.12 bits per heavy atom. The number of benzene rings is 3. The summed E-state index contributed by atoms with van der Waals surface area (Å²) in [6.07, 6.45) is 0.626. The number of hydrogen-bond donors (Lipinski definition) is 3. The summed E-state index contributed by atoms with van der Waals surface area (Å²) in [7, 11) is 0. The largest absolute Gasteiger partial charge is 0.457 e. The van der Waals surface area contributed by atoms with Gasteiger partial charge in [0.2, 0.25) is 0 Å². The van der Waals surface area contributed by atoms with Crippen molar-refractivity contribution in [1.82, 2.24) is 14.8 Å². The van der Waals surface area contributed by atoms with E-state index in [1.807, 2.05) is 49.4 Å². The molecule has 0 radical (unpaired) electrons. The first-order valence-electron chi connectivity index (χ1n) is 10.5. The number of nitrogen functional groups attached to an aromatic ring is 1. The van der Waals surface area contributed by atoms with Crippen LogP contribution in [-0.4, -0.2) is 19.9 Å². The fourth-order valence-corrected chi connectivity index (χ4v) is 4.40. The Kier molecular flexibility index (Phi) is 5.57. The molecule has 4 N–H and O–H groups in total. The van der Waals surface area contributed by atoms with Gasteiger partial charge in [-0.2, -0.15) is 10.4 Å². The maximum absolute atomic E-state index is 11.0. The van der Waals surface area contributed by atoms with Crippen LogP contribution in [0.5, 0.6) is 11.5 Å². The van der Waals surface area contributed by atoms with Crippen LogP contribution in [0.15, 0.2) is 77.4 Å². The van der Waals surface area contributed by atoms with Crippen LogP contribution < -0.4 is 10.5 Å². The average molecular weight is 514 g/mol. The summed E-state index contributed by atoms with van der Waals surface area (Å²) < 4.78 is 8.45. The molecule has 3 aromatic carbocycles. The highest BCUT2D eigenvalue weighted by molar-refractivity contribution is 9.10. The lowest BCUT2D eigenvalue weighted by Crippen LogP contribution is -2.07. The lowest BCUT2D eigenvalue weighted by Gasteiger charge is -2.13. The first-order valence-corrected chi connectivity index (χ1v) is 11.3. The van der Waals surface area contributed by atoms with Crippen LogP contribution in [-0.2, 0) is 0 Å². The molecule has 8 heteroatoms. The van der Waals surface area contributed by atoms with E-state index in [9.17, 15) is 5.11 Å². The zero-order chi connectivity index (χ0) is 23.8. The predicted molar refractivity (Wildman–Crippen MR) is 134 cm³/mol. The second-order valence-electron chi connectivity index (χ2n) is 7.92. The van der Waals surface area contributed by atoms with Crippen molar-refractivity contribution in [3.05, 3.63) is 99.8 Å². The van der Waals surface area contributed by atoms with Gasteiger partial charge in [0.1, 0.15) is 23.4 Å². The third-order valence-corrected chi connectivity index (χ3v) is 6.34. The normalized spacial score (nSPS) is 11.9. The standard InChI is InChI=1S/C26H20BrN5O2/c1-15-10-18(34-17-5-2-4-16(11-17)13-28)8-9-24(15)32-26(29)20(14-30-32)25(33)23-12-19-21(27)6-3-7-22(19)31-23/h2-12,14,25,31,33H,29H2,1H3. The number of ether oxygens (including phenoxy) is 1. The first-order chi connectivity index (χ1) is 16.4. The molecule has 0 saturated heterocycles. The molecule has 0 saturated carbocycles. The molecule has 2 heterocycles. The van der Waals surface area contributed by atoms with Gasteiger partial charge >= 0.3 is 0 Å². The molecule has 7 nitrogen and oxygen atoms in total. The molecule has 0 bridgehead atoms. The van der Waals surface area contributed by atoms with Crippen molar-refractivity contribution in [2.24, 2.45) is 0 Å². The number of nitrogens with one attached hydrogen (secondary N) is 1. The fraction of sp³-hybridized carbons (Fsp3) is 0.0769. The summed E-state index contributed by atoms with van der Waals surface area (Å²) in [5.41, 5.74) is 10.7. The zero-order valence-electron chi connectivity index (χ0n) is 18.2. The van der Waals surface area contributed by atoms with Gasteiger partial charge in [0.15, 0.2) is 0 Å². The van der Waals surface area contributed by atoms with Crippen LogP contribution in [0.25, 0.3) is 16.6 Å². The maximum atomic E-state index is 11.0. The number of nitrogens with two attached hydrogens (primary N) is 1. The molecule has 1 atom stereocenters. The fourth-order valence-electron chi connectivity index (χ4n) is 3.92. The van der Waals surface area contributed by atoms with Gasteiger partial charge in [-0.25, -0.2) is 4.68 Å². The zero-order valence-corrected chi connectivity index (χ0v) is 19.7. The lowest BCUT2D eigenvalue weighted by molar-refractivity contribution is 0.217. The molecule has 5 rings (SSSR count). The van der Waals surface area contributed by atoms with E-state index < -0.39 is 6.10 Å². The summed E-state index contributed by atoms with van der Waals surface area (Å²) in [5.74, 6) is 1.56. The minimum atomic E-state index is -0.955. The minimum Gasteiger partial charge on any atom is -0.457 e. The molecular formula is C26H20BrN5O2. The number of aliphatic hydroxyl groups excluding tert-OH is 1. The molecule has 2 aromatic heterocycles. The molecule has 0 amide bonds. The van der Waals surface area contributed by atoms with Crippen LogP contribution in [0.1, 0.15) is 28.5 Å². The Morgan fingerprint density at radius 2 is 1.91 bits per heavy atom. The summed E-state index contributed by atoms with van der Waals surface area (Å²) in [6, 6.07) is 22.4. The molecular weight excluding hydrogens is 494 g/mol. The van der Waals surface area contributed by atoms with E-state index in [1.165, 1.54) is 0 Å². The third kappa shape index (κ3) is 3.92. The number of aromatic amines is 1. The number of hydrogen-bond acceptors (Lipinski definition) is 5. The molecule has 168 valence electrons. The molecule has 0 aliphatic carbocycles. The molecule has 1 unspecified atom stereocenters. The van der Waals surface area contributed by atoms with Gasteiger partial charge in [-0.15, -0.1) is 0 Å². The summed E-state index contributed by atoms with van der Waals surface area (Å²) in [5, 5.41) is 25.5. The highest BCUT2D eigenvalue weighted by Crippen LogP contribution is 2.33. The van der Waals surface area contributed by atoms with E-state index in [1.54, 1.807) is 35.1 Å². The monoisotopic (exact) mass is 513 g/mol. The summed E-state index contributed by atoms with van der Waals surface area (Å²) >= 11 is 3.54. The quantitative estimate of drug-likeness (QED) is 0.276. The van der Waals surface area contributed by atoms with E-state index in [0.717, 1.165) is 26.6 Å². The number of aryl methyl sites for hydroxylation is 1. The molecule has 0 fully saturated rings. The van der Waals surface area contributed by atoms with E-state index in [4.69, 9.17) is 15.7 Å². The molecule has 0 aliphatic heterocycles. The van der Waals surface area contributed by atoms with Gasteiger partial charge in [-0.1, -0.05) is 28.1 Å². The second-order valence-corrected chi connectivity index (χ2v) is 8.77. The highest BCUT2D eigenvalue weighted by atomic mass is 79.9. The molecule has 5 aromatic rings. The molecule has 34 heavy (non-hydrogen) atoms. The summed E-state index contributed by atoms with van der Waals surface area (Å²) in [6.45, 7) is 1.93. The van der Waals surface area contributed by atoms with Crippen molar-refractivity contribution in [2.45, 2.75) is 13.0 Å². The number of aliphatic hydroxyl groups is 1. The number of H-pyrrole nitrogens is 1. The van der Waals surface area contributed by atoms with Gasteiger partial charge in [0.05, 0.1) is 23.5 Å². The van der Waals surface area contributed by atoms with Crippen molar-refractivity contribution in [2.75, 3.05) is 5.73 Å². The average Bonchev–Trinajstić information content (AvgIpc) is 3.44.